The molecule has 1 aromatic carbocycles. The van der Waals surface area contributed by atoms with Crippen LogP contribution in [0.1, 0.15) is 52.4 Å². The van der Waals surface area contributed by atoms with Crippen molar-refractivity contribution in [2.75, 3.05) is 26.9 Å². The second kappa shape index (κ2) is 10.7. The molecule has 170 valence electrons. The monoisotopic (exact) mass is 450 g/mol. The van der Waals surface area contributed by atoms with E-state index in [1.54, 1.807) is 45.9 Å². The van der Waals surface area contributed by atoms with Gasteiger partial charge in [-0.15, -0.1) is 0 Å². The lowest BCUT2D eigenvalue weighted by atomic mass is 10.0. The number of Topliss-reactive ketones (excluding diaryl/α,β-unsaturated/α-hetero) is 1. The summed E-state index contributed by atoms with van der Waals surface area (Å²) in [5.74, 6) is -0.942. The Morgan fingerprint density at radius 1 is 1.16 bits per heavy atom. The van der Waals surface area contributed by atoms with E-state index in [0.29, 0.717) is 29.8 Å². The first kappa shape index (κ1) is 24.8. The zero-order valence-corrected chi connectivity index (χ0v) is 19.4. The number of aromatic nitrogens is 1. The minimum absolute atomic E-state index is 0.113. The SMILES string of the molecule is CCOC(=O)c1[nH]c(C)c(C(=O)C(C)N(CCCOC)S(=O)(=O)c2ccccc2)c1C. The molecule has 0 amide bonds. The minimum Gasteiger partial charge on any atom is -0.461 e. The molecule has 0 aliphatic rings. The maximum absolute atomic E-state index is 13.4. The van der Waals surface area contributed by atoms with Crippen molar-refractivity contribution in [3.05, 3.63) is 52.8 Å². The van der Waals surface area contributed by atoms with E-state index in [-0.39, 0.29) is 23.7 Å². The molecule has 0 radical (unpaired) electrons. The van der Waals surface area contributed by atoms with Crippen LogP contribution in [0, 0.1) is 13.8 Å². The molecular formula is C22H30N2O6S. The molecule has 1 N–H and O–H groups in total. The van der Waals surface area contributed by atoms with Gasteiger partial charge in [-0.3, -0.25) is 4.79 Å². The number of nitrogens with one attached hydrogen (secondary N) is 1. The molecule has 0 spiro atoms. The number of rotatable bonds is 11. The molecule has 31 heavy (non-hydrogen) atoms. The number of carbonyl (C=O) groups excluding carboxylic acids is 2. The van der Waals surface area contributed by atoms with E-state index in [4.69, 9.17) is 9.47 Å². The third-order valence-electron chi connectivity index (χ3n) is 5.05. The number of nitrogens with zero attached hydrogens (tertiary/aromatic N) is 1. The summed E-state index contributed by atoms with van der Waals surface area (Å²) >= 11 is 0. The molecule has 0 aliphatic carbocycles. The van der Waals surface area contributed by atoms with Crippen LogP contribution in [0.25, 0.3) is 0 Å². The van der Waals surface area contributed by atoms with Gasteiger partial charge in [0.15, 0.2) is 5.78 Å². The van der Waals surface area contributed by atoms with Gasteiger partial charge >= 0.3 is 5.97 Å². The predicted octanol–water partition coefficient (Wildman–Crippen LogP) is 3.11. The first-order valence-electron chi connectivity index (χ1n) is 10.1. The largest absolute Gasteiger partial charge is 0.461 e. The summed E-state index contributed by atoms with van der Waals surface area (Å²) < 4.78 is 37.9. The zero-order chi connectivity index (χ0) is 23.2. The Hall–Kier alpha value is -2.49. The molecule has 9 heteroatoms. The van der Waals surface area contributed by atoms with Crippen molar-refractivity contribution in [2.45, 2.75) is 45.1 Å². The molecule has 1 atom stereocenters. The second-order valence-electron chi connectivity index (χ2n) is 7.16. The Morgan fingerprint density at radius 2 is 1.81 bits per heavy atom. The minimum atomic E-state index is -3.92. The quantitative estimate of drug-likeness (QED) is 0.320. The molecule has 1 aromatic heterocycles. The molecule has 0 saturated heterocycles. The average molecular weight is 451 g/mol. The zero-order valence-electron chi connectivity index (χ0n) is 18.6. The van der Waals surface area contributed by atoms with Crippen molar-refractivity contribution in [1.29, 1.82) is 0 Å². The Morgan fingerprint density at radius 3 is 2.39 bits per heavy atom. The molecule has 0 fully saturated rings. The Balaban J connectivity index is 2.44. The molecule has 1 unspecified atom stereocenters. The van der Waals surface area contributed by atoms with Gasteiger partial charge < -0.3 is 14.5 Å². The third kappa shape index (κ3) is 5.41. The van der Waals surface area contributed by atoms with Crippen LogP contribution >= 0.6 is 0 Å². The van der Waals surface area contributed by atoms with Crippen LogP contribution < -0.4 is 0 Å². The Bertz CT molecular complexity index is 1010. The molecule has 0 bridgehead atoms. The highest BCUT2D eigenvalue weighted by molar-refractivity contribution is 7.89. The number of methoxy groups -OCH3 is 1. The maximum atomic E-state index is 13.4. The van der Waals surface area contributed by atoms with E-state index >= 15 is 0 Å². The number of H-pyrrole nitrogens is 1. The lowest BCUT2D eigenvalue weighted by Gasteiger charge is -2.27. The highest BCUT2D eigenvalue weighted by Crippen LogP contribution is 2.25. The lowest BCUT2D eigenvalue weighted by Crippen LogP contribution is -2.44. The summed E-state index contributed by atoms with van der Waals surface area (Å²) in [6.45, 7) is 7.27. The fourth-order valence-corrected chi connectivity index (χ4v) is 5.13. The summed E-state index contributed by atoms with van der Waals surface area (Å²) in [5, 5.41) is 0. The van der Waals surface area contributed by atoms with Gasteiger partial charge in [0.25, 0.3) is 0 Å². The van der Waals surface area contributed by atoms with Gasteiger partial charge in [0.2, 0.25) is 10.0 Å². The van der Waals surface area contributed by atoms with Crippen molar-refractivity contribution in [3.63, 3.8) is 0 Å². The van der Waals surface area contributed by atoms with Crippen LogP contribution in [-0.2, 0) is 19.5 Å². The third-order valence-corrected chi connectivity index (χ3v) is 7.04. The molecule has 2 aromatic rings. The van der Waals surface area contributed by atoms with Gasteiger partial charge in [0.1, 0.15) is 5.69 Å². The maximum Gasteiger partial charge on any atom is 0.355 e. The summed E-state index contributed by atoms with van der Waals surface area (Å²) in [6.07, 6.45) is 0.430. The molecule has 1 heterocycles. The lowest BCUT2D eigenvalue weighted by molar-refractivity contribution is 0.0519. The number of carbonyl (C=O) groups is 2. The summed E-state index contributed by atoms with van der Waals surface area (Å²) in [6, 6.07) is 7.03. The van der Waals surface area contributed by atoms with Crippen molar-refractivity contribution in [3.8, 4) is 0 Å². The van der Waals surface area contributed by atoms with Gasteiger partial charge in [-0.1, -0.05) is 18.2 Å². The predicted molar refractivity (Wildman–Crippen MR) is 117 cm³/mol. The number of benzene rings is 1. The van der Waals surface area contributed by atoms with Gasteiger partial charge in [0.05, 0.1) is 17.5 Å². The van der Waals surface area contributed by atoms with E-state index in [9.17, 15) is 18.0 Å². The highest BCUT2D eigenvalue weighted by Gasteiger charge is 2.35. The topological polar surface area (TPSA) is 106 Å². The Labute approximate surface area is 183 Å². The van der Waals surface area contributed by atoms with Crippen LogP contribution in [0.4, 0.5) is 0 Å². The van der Waals surface area contributed by atoms with Crippen LogP contribution in [0.3, 0.4) is 0 Å². The number of hydrogen-bond donors (Lipinski definition) is 1. The number of ether oxygens (including phenoxy) is 2. The van der Waals surface area contributed by atoms with E-state index in [2.05, 4.69) is 4.98 Å². The average Bonchev–Trinajstić information content (AvgIpc) is 3.05. The van der Waals surface area contributed by atoms with Crippen LogP contribution in [0.15, 0.2) is 35.2 Å². The normalized spacial score (nSPS) is 12.7. The number of aromatic amines is 1. The van der Waals surface area contributed by atoms with E-state index in [0.717, 1.165) is 0 Å². The van der Waals surface area contributed by atoms with Gasteiger partial charge in [-0.25, -0.2) is 13.2 Å². The van der Waals surface area contributed by atoms with Gasteiger partial charge in [-0.2, -0.15) is 4.31 Å². The molecule has 8 nitrogen and oxygen atoms in total. The summed E-state index contributed by atoms with van der Waals surface area (Å²) in [4.78, 5) is 28.6. The number of hydrogen-bond acceptors (Lipinski definition) is 6. The van der Waals surface area contributed by atoms with Crippen molar-refractivity contribution in [2.24, 2.45) is 0 Å². The smallest absolute Gasteiger partial charge is 0.355 e. The number of esters is 1. The Kier molecular flexibility index (Phi) is 8.55. The molecule has 0 aliphatic heterocycles. The van der Waals surface area contributed by atoms with Crippen LogP contribution in [0.5, 0.6) is 0 Å². The standard InChI is InChI=1S/C22H30N2O6S/c1-6-30-22(26)20-15(2)19(16(3)23-20)21(25)17(4)24(13-10-14-29-5)31(27,28)18-11-8-7-9-12-18/h7-9,11-12,17,23H,6,10,13-14H2,1-5H3. The van der Waals surface area contributed by atoms with E-state index in [1.165, 1.54) is 23.5 Å². The fourth-order valence-electron chi connectivity index (χ4n) is 3.48. The number of aryl methyl sites for hydroxylation is 1. The number of sulfonamides is 1. The first-order chi connectivity index (χ1) is 14.7. The van der Waals surface area contributed by atoms with E-state index < -0.39 is 27.8 Å². The highest BCUT2D eigenvalue weighted by atomic mass is 32.2. The van der Waals surface area contributed by atoms with E-state index in [1.807, 2.05) is 0 Å². The van der Waals surface area contributed by atoms with Crippen molar-refractivity contribution in [1.82, 2.24) is 9.29 Å². The van der Waals surface area contributed by atoms with Crippen molar-refractivity contribution >= 4 is 21.8 Å². The number of ketones is 1. The van der Waals surface area contributed by atoms with Gasteiger partial charge in [0, 0.05) is 31.5 Å². The molecular weight excluding hydrogens is 420 g/mol. The summed E-state index contributed by atoms with van der Waals surface area (Å²) in [5.41, 5.74) is 1.44. The second-order valence-corrected chi connectivity index (χ2v) is 9.05. The first-order valence-corrected chi connectivity index (χ1v) is 11.6. The molecule has 0 saturated carbocycles. The fraction of sp³-hybridized carbons (Fsp3) is 0.455. The summed E-state index contributed by atoms with van der Waals surface area (Å²) in [7, 11) is -2.39. The van der Waals surface area contributed by atoms with Crippen molar-refractivity contribution < 1.29 is 27.5 Å². The molecule has 2 rings (SSSR count). The van der Waals surface area contributed by atoms with Crippen LogP contribution in [-0.4, -0.2) is 62.4 Å². The van der Waals surface area contributed by atoms with Gasteiger partial charge in [-0.05, 0) is 51.8 Å². The van der Waals surface area contributed by atoms with Crippen LogP contribution in [0.2, 0.25) is 0 Å².